The number of benzene rings is 2. The lowest BCUT2D eigenvalue weighted by Crippen LogP contribution is -2.34. The number of anilines is 1. The van der Waals surface area contributed by atoms with E-state index in [2.05, 4.69) is 15.0 Å². The van der Waals surface area contributed by atoms with Gasteiger partial charge >= 0.3 is 6.36 Å². The molecule has 0 bridgehead atoms. The Kier molecular flexibility index (Phi) is 7.06. The van der Waals surface area contributed by atoms with E-state index < -0.39 is 6.36 Å². The monoisotopic (exact) mass is 380 g/mol. The van der Waals surface area contributed by atoms with Crippen molar-refractivity contribution in [3.8, 4) is 5.75 Å². The van der Waals surface area contributed by atoms with Gasteiger partial charge in [0.2, 0.25) is 0 Å². The van der Waals surface area contributed by atoms with Gasteiger partial charge in [-0.15, -0.1) is 13.2 Å². The summed E-state index contributed by atoms with van der Waals surface area (Å²) >= 11 is 0. The van der Waals surface area contributed by atoms with Crippen molar-refractivity contribution in [2.75, 3.05) is 26.0 Å². The summed E-state index contributed by atoms with van der Waals surface area (Å²) in [6, 6.07) is 15.7. The van der Waals surface area contributed by atoms with Gasteiger partial charge in [0.15, 0.2) is 11.7 Å². The zero-order valence-corrected chi connectivity index (χ0v) is 15.2. The summed E-state index contributed by atoms with van der Waals surface area (Å²) in [7, 11) is 3.89. The number of nitrogens with two attached hydrogens (primary N) is 1. The molecule has 0 spiro atoms. The number of halogens is 3. The molecular formula is C19H23F3N4O. The van der Waals surface area contributed by atoms with Gasteiger partial charge < -0.3 is 20.7 Å². The molecule has 0 fully saturated rings. The maximum atomic E-state index is 12.5. The predicted octanol–water partition coefficient (Wildman–Crippen LogP) is 3.48. The quantitative estimate of drug-likeness (QED) is 0.570. The fourth-order valence-electron chi connectivity index (χ4n) is 2.46. The minimum absolute atomic E-state index is 0.0214. The summed E-state index contributed by atoms with van der Waals surface area (Å²) in [5.74, 6) is -0.343. The van der Waals surface area contributed by atoms with E-state index >= 15 is 0 Å². The molecule has 1 unspecified atom stereocenters. The van der Waals surface area contributed by atoms with Gasteiger partial charge in [0.1, 0.15) is 0 Å². The fraction of sp³-hybridized carbons (Fsp3) is 0.316. The predicted molar refractivity (Wildman–Crippen MR) is 101 cm³/mol. The molecule has 1 atom stereocenters. The van der Waals surface area contributed by atoms with E-state index in [1.54, 1.807) is 6.07 Å². The molecule has 0 aliphatic heterocycles. The van der Waals surface area contributed by atoms with E-state index in [1.165, 1.54) is 23.8 Å². The lowest BCUT2D eigenvalue weighted by atomic mass is 10.1. The van der Waals surface area contributed by atoms with E-state index in [-0.39, 0.29) is 23.4 Å². The van der Waals surface area contributed by atoms with Gasteiger partial charge in [0, 0.05) is 6.04 Å². The Morgan fingerprint density at radius 3 is 2.37 bits per heavy atom. The summed E-state index contributed by atoms with van der Waals surface area (Å²) in [5.41, 5.74) is 7.13. The first-order valence-electron chi connectivity index (χ1n) is 8.36. The maximum Gasteiger partial charge on any atom is 0.573 e. The molecular weight excluding hydrogens is 357 g/mol. The van der Waals surface area contributed by atoms with Crippen molar-refractivity contribution in [2.45, 2.75) is 18.8 Å². The molecule has 0 aromatic heterocycles. The number of likely N-dealkylation sites (N-methyl/N-ethyl adjacent to an activating group) is 1. The Bertz CT molecular complexity index is 748. The fourth-order valence-corrected chi connectivity index (χ4v) is 2.46. The standard InChI is InChI=1S/C19H23F3N4O/c1-26(2)15(12-14-8-4-3-5-9-14)13-24-18(23)25-16-10-6-7-11-17(16)27-19(20,21)22/h3-11,15H,12-13H2,1-2H3,(H3,23,24,25). The average molecular weight is 380 g/mol. The van der Waals surface area contributed by atoms with Crippen molar-refractivity contribution in [1.29, 1.82) is 0 Å². The molecule has 2 aromatic rings. The third-order valence-electron chi connectivity index (χ3n) is 3.89. The van der Waals surface area contributed by atoms with Crippen LogP contribution in [0.1, 0.15) is 5.56 Å². The summed E-state index contributed by atoms with van der Waals surface area (Å²) in [6.07, 6.45) is -4.01. The zero-order valence-electron chi connectivity index (χ0n) is 15.2. The van der Waals surface area contributed by atoms with E-state index in [0.717, 1.165) is 6.42 Å². The van der Waals surface area contributed by atoms with Crippen LogP contribution in [-0.4, -0.2) is 43.9 Å². The Morgan fingerprint density at radius 1 is 1.11 bits per heavy atom. The van der Waals surface area contributed by atoms with Crippen molar-refractivity contribution in [2.24, 2.45) is 10.7 Å². The van der Waals surface area contributed by atoms with Crippen molar-refractivity contribution in [1.82, 2.24) is 4.90 Å². The van der Waals surface area contributed by atoms with Crippen LogP contribution in [0.3, 0.4) is 0 Å². The third-order valence-corrected chi connectivity index (χ3v) is 3.89. The second-order valence-corrected chi connectivity index (χ2v) is 6.20. The van der Waals surface area contributed by atoms with Gasteiger partial charge in [-0.1, -0.05) is 42.5 Å². The highest BCUT2D eigenvalue weighted by molar-refractivity contribution is 5.93. The average Bonchev–Trinajstić information content (AvgIpc) is 2.59. The Morgan fingerprint density at radius 2 is 1.74 bits per heavy atom. The van der Waals surface area contributed by atoms with E-state index in [1.807, 2.05) is 49.3 Å². The molecule has 0 aliphatic rings. The molecule has 3 N–H and O–H groups in total. The first kappa shape index (κ1) is 20.6. The molecule has 0 amide bonds. The van der Waals surface area contributed by atoms with Crippen molar-refractivity contribution < 1.29 is 17.9 Å². The number of rotatable bonds is 7. The van der Waals surface area contributed by atoms with Crippen LogP contribution in [0.5, 0.6) is 5.75 Å². The highest BCUT2D eigenvalue weighted by Gasteiger charge is 2.32. The molecule has 0 radical (unpaired) electrons. The van der Waals surface area contributed by atoms with Gasteiger partial charge in [0.25, 0.3) is 0 Å². The number of hydrogen-bond donors (Lipinski definition) is 2. The van der Waals surface area contributed by atoms with Crippen LogP contribution in [0.25, 0.3) is 0 Å². The minimum atomic E-state index is -4.78. The van der Waals surface area contributed by atoms with E-state index in [9.17, 15) is 13.2 Å². The van der Waals surface area contributed by atoms with Crippen LogP contribution >= 0.6 is 0 Å². The summed E-state index contributed by atoms with van der Waals surface area (Å²) < 4.78 is 41.5. The number of ether oxygens (including phenoxy) is 1. The molecule has 2 rings (SSSR count). The zero-order chi connectivity index (χ0) is 19.9. The van der Waals surface area contributed by atoms with E-state index in [0.29, 0.717) is 6.54 Å². The summed E-state index contributed by atoms with van der Waals surface area (Å²) in [6.45, 7) is 0.392. The van der Waals surface area contributed by atoms with E-state index in [4.69, 9.17) is 5.73 Å². The van der Waals surface area contributed by atoms with Crippen LogP contribution in [0, 0.1) is 0 Å². The smallest absolute Gasteiger partial charge is 0.404 e. The second-order valence-electron chi connectivity index (χ2n) is 6.20. The van der Waals surface area contributed by atoms with Gasteiger partial charge in [0.05, 0.1) is 12.2 Å². The number of aliphatic imine (C=N–C) groups is 1. The Labute approximate surface area is 156 Å². The topological polar surface area (TPSA) is 62.9 Å². The number of nitrogens with one attached hydrogen (secondary N) is 1. The first-order valence-corrected chi connectivity index (χ1v) is 8.36. The molecule has 0 aliphatic carbocycles. The largest absolute Gasteiger partial charge is 0.573 e. The molecule has 0 saturated carbocycles. The number of guanidine groups is 1. The SMILES string of the molecule is CN(C)C(CN=C(N)Nc1ccccc1OC(F)(F)F)Cc1ccccc1. The molecule has 146 valence electrons. The minimum Gasteiger partial charge on any atom is -0.404 e. The molecule has 8 heteroatoms. The van der Waals surface area contributed by atoms with Gasteiger partial charge in [-0.05, 0) is 38.2 Å². The second kappa shape index (κ2) is 9.27. The summed E-state index contributed by atoms with van der Waals surface area (Å²) in [4.78, 5) is 6.31. The van der Waals surface area contributed by atoms with Crippen LogP contribution in [0.15, 0.2) is 59.6 Å². The normalized spacial score (nSPS) is 13.5. The molecule has 5 nitrogen and oxygen atoms in total. The van der Waals surface area contributed by atoms with Gasteiger partial charge in [-0.2, -0.15) is 0 Å². The van der Waals surface area contributed by atoms with Gasteiger partial charge in [-0.25, -0.2) is 0 Å². The van der Waals surface area contributed by atoms with Crippen LogP contribution in [0.2, 0.25) is 0 Å². The third kappa shape index (κ3) is 7.18. The number of hydrogen-bond acceptors (Lipinski definition) is 3. The number of nitrogens with zero attached hydrogens (tertiary/aromatic N) is 2. The van der Waals surface area contributed by atoms with Crippen molar-refractivity contribution in [3.05, 3.63) is 60.2 Å². The lowest BCUT2D eigenvalue weighted by molar-refractivity contribution is -0.274. The summed E-state index contributed by atoms with van der Waals surface area (Å²) in [5, 5.41) is 2.68. The Hall–Kier alpha value is -2.74. The highest BCUT2D eigenvalue weighted by Crippen LogP contribution is 2.29. The molecule has 0 heterocycles. The lowest BCUT2D eigenvalue weighted by Gasteiger charge is -2.23. The molecule has 0 saturated heterocycles. The number of para-hydroxylation sites is 2. The highest BCUT2D eigenvalue weighted by atomic mass is 19.4. The maximum absolute atomic E-state index is 12.5. The molecule has 2 aromatic carbocycles. The van der Waals surface area contributed by atoms with Crippen LogP contribution < -0.4 is 15.8 Å². The first-order chi connectivity index (χ1) is 12.7. The molecule has 27 heavy (non-hydrogen) atoms. The van der Waals surface area contributed by atoms with Crippen molar-refractivity contribution >= 4 is 11.6 Å². The van der Waals surface area contributed by atoms with Crippen LogP contribution in [0.4, 0.5) is 18.9 Å². The van der Waals surface area contributed by atoms with Crippen LogP contribution in [-0.2, 0) is 6.42 Å². The van der Waals surface area contributed by atoms with Crippen molar-refractivity contribution in [3.63, 3.8) is 0 Å². The van der Waals surface area contributed by atoms with Gasteiger partial charge in [-0.3, -0.25) is 4.99 Å². The Balaban J connectivity index is 2.04. The number of alkyl halides is 3.